The Hall–Kier alpha value is -1.02. The van der Waals surface area contributed by atoms with Crippen molar-refractivity contribution in [2.75, 3.05) is 13.7 Å². The molecule has 2 nitrogen and oxygen atoms in total. The number of hydrogen-bond acceptors (Lipinski definition) is 2. The summed E-state index contributed by atoms with van der Waals surface area (Å²) < 4.78 is 5.17. The molecule has 0 saturated carbocycles. The molecule has 0 amide bonds. The van der Waals surface area contributed by atoms with Crippen molar-refractivity contribution in [2.24, 2.45) is 5.73 Å². The van der Waals surface area contributed by atoms with E-state index in [1.54, 1.807) is 7.11 Å². The minimum Gasteiger partial charge on any atom is -0.497 e. The standard InChI is InChI=1S/C12H19NO/c1-9-7-10(14-4)5-6-11(9)12(2,3)8-13/h5-7H,8,13H2,1-4H3. The highest BCUT2D eigenvalue weighted by Crippen LogP contribution is 2.27. The van der Waals surface area contributed by atoms with Crippen molar-refractivity contribution in [3.05, 3.63) is 29.3 Å². The zero-order valence-electron chi connectivity index (χ0n) is 9.42. The molecule has 0 aliphatic carbocycles. The van der Waals surface area contributed by atoms with E-state index in [9.17, 15) is 0 Å². The monoisotopic (exact) mass is 193 g/mol. The summed E-state index contributed by atoms with van der Waals surface area (Å²) >= 11 is 0. The van der Waals surface area contributed by atoms with Crippen LogP contribution in [0.1, 0.15) is 25.0 Å². The van der Waals surface area contributed by atoms with Crippen molar-refractivity contribution < 1.29 is 4.74 Å². The summed E-state index contributed by atoms with van der Waals surface area (Å²) in [6.45, 7) is 7.05. The van der Waals surface area contributed by atoms with E-state index >= 15 is 0 Å². The van der Waals surface area contributed by atoms with Crippen molar-refractivity contribution in [3.63, 3.8) is 0 Å². The van der Waals surface area contributed by atoms with Crippen LogP contribution >= 0.6 is 0 Å². The van der Waals surface area contributed by atoms with Gasteiger partial charge in [-0.05, 0) is 30.2 Å². The maximum Gasteiger partial charge on any atom is 0.119 e. The summed E-state index contributed by atoms with van der Waals surface area (Å²) in [6.07, 6.45) is 0. The largest absolute Gasteiger partial charge is 0.497 e. The Bertz CT molecular complexity index is 318. The van der Waals surface area contributed by atoms with Gasteiger partial charge < -0.3 is 10.5 Å². The highest BCUT2D eigenvalue weighted by molar-refractivity contribution is 5.39. The fourth-order valence-electron chi connectivity index (χ4n) is 1.63. The number of aryl methyl sites for hydroxylation is 1. The number of benzene rings is 1. The van der Waals surface area contributed by atoms with Gasteiger partial charge in [0, 0.05) is 12.0 Å². The second-order valence-electron chi connectivity index (χ2n) is 4.27. The van der Waals surface area contributed by atoms with Gasteiger partial charge >= 0.3 is 0 Å². The zero-order valence-corrected chi connectivity index (χ0v) is 9.42. The molecule has 0 spiro atoms. The Morgan fingerprint density at radius 1 is 1.36 bits per heavy atom. The molecule has 0 bridgehead atoms. The summed E-state index contributed by atoms with van der Waals surface area (Å²) in [7, 11) is 1.68. The van der Waals surface area contributed by atoms with E-state index in [0.29, 0.717) is 6.54 Å². The minimum absolute atomic E-state index is 0.0381. The third-order valence-electron chi connectivity index (χ3n) is 2.67. The predicted molar refractivity (Wildman–Crippen MR) is 59.8 cm³/mol. The topological polar surface area (TPSA) is 35.2 Å². The van der Waals surface area contributed by atoms with Crippen molar-refractivity contribution >= 4 is 0 Å². The van der Waals surface area contributed by atoms with Crippen LogP contribution < -0.4 is 10.5 Å². The van der Waals surface area contributed by atoms with Gasteiger partial charge in [-0.25, -0.2) is 0 Å². The lowest BCUT2D eigenvalue weighted by Crippen LogP contribution is -2.28. The molecular weight excluding hydrogens is 174 g/mol. The highest BCUT2D eigenvalue weighted by atomic mass is 16.5. The van der Waals surface area contributed by atoms with Crippen LogP contribution in [0.25, 0.3) is 0 Å². The first-order valence-corrected chi connectivity index (χ1v) is 4.86. The maximum absolute atomic E-state index is 5.75. The molecule has 14 heavy (non-hydrogen) atoms. The molecule has 0 aliphatic heterocycles. The van der Waals surface area contributed by atoms with Crippen LogP contribution in [0.5, 0.6) is 5.75 Å². The summed E-state index contributed by atoms with van der Waals surface area (Å²) in [5.74, 6) is 0.902. The molecule has 0 heterocycles. The van der Waals surface area contributed by atoms with Gasteiger partial charge in [-0.3, -0.25) is 0 Å². The van der Waals surface area contributed by atoms with Crippen molar-refractivity contribution in [1.29, 1.82) is 0 Å². The van der Waals surface area contributed by atoms with Crippen LogP contribution in [0.4, 0.5) is 0 Å². The number of ether oxygens (including phenoxy) is 1. The summed E-state index contributed by atoms with van der Waals surface area (Å²) in [5, 5.41) is 0. The Balaban J connectivity index is 3.12. The van der Waals surface area contributed by atoms with Gasteiger partial charge in [-0.1, -0.05) is 19.9 Å². The Labute approximate surface area is 86.1 Å². The van der Waals surface area contributed by atoms with E-state index in [1.165, 1.54) is 11.1 Å². The molecule has 0 atom stereocenters. The quantitative estimate of drug-likeness (QED) is 0.799. The lowest BCUT2D eigenvalue weighted by Gasteiger charge is -2.25. The first-order chi connectivity index (χ1) is 6.51. The lowest BCUT2D eigenvalue weighted by atomic mass is 9.82. The van der Waals surface area contributed by atoms with Gasteiger partial charge in [0.05, 0.1) is 7.11 Å². The van der Waals surface area contributed by atoms with Gasteiger partial charge in [-0.15, -0.1) is 0 Å². The lowest BCUT2D eigenvalue weighted by molar-refractivity contribution is 0.413. The molecule has 0 saturated heterocycles. The second kappa shape index (κ2) is 4.01. The van der Waals surface area contributed by atoms with Crippen LogP contribution in [0.2, 0.25) is 0 Å². The van der Waals surface area contributed by atoms with Crippen LogP contribution in [0, 0.1) is 6.92 Å². The van der Waals surface area contributed by atoms with Gasteiger partial charge in [0.2, 0.25) is 0 Å². The molecule has 0 aliphatic rings. The van der Waals surface area contributed by atoms with Crippen molar-refractivity contribution in [1.82, 2.24) is 0 Å². The fraction of sp³-hybridized carbons (Fsp3) is 0.500. The van der Waals surface area contributed by atoms with Gasteiger partial charge in [0.25, 0.3) is 0 Å². The van der Waals surface area contributed by atoms with Crippen LogP contribution in [-0.4, -0.2) is 13.7 Å². The average Bonchev–Trinajstić information content (AvgIpc) is 2.17. The zero-order chi connectivity index (χ0) is 10.8. The van der Waals surface area contributed by atoms with Crippen molar-refractivity contribution in [2.45, 2.75) is 26.2 Å². The van der Waals surface area contributed by atoms with Crippen LogP contribution in [0.3, 0.4) is 0 Å². The molecule has 1 rings (SSSR count). The van der Waals surface area contributed by atoms with Gasteiger partial charge in [0.1, 0.15) is 5.75 Å². The smallest absolute Gasteiger partial charge is 0.119 e. The van der Waals surface area contributed by atoms with E-state index in [-0.39, 0.29) is 5.41 Å². The molecule has 0 radical (unpaired) electrons. The van der Waals surface area contributed by atoms with Crippen LogP contribution in [0.15, 0.2) is 18.2 Å². The number of hydrogen-bond donors (Lipinski definition) is 1. The van der Waals surface area contributed by atoms with E-state index in [1.807, 2.05) is 12.1 Å². The SMILES string of the molecule is COc1ccc(C(C)(C)CN)c(C)c1. The van der Waals surface area contributed by atoms with Gasteiger partial charge in [-0.2, -0.15) is 0 Å². The Kier molecular flexibility index (Phi) is 3.17. The molecule has 1 aromatic rings. The number of methoxy groups -OCH3 is 1. The Morgan fingerprint density at radius 2 is 2.00 bits per heavy atom. The van der Waals surface area contributed by atoms with Gasteiger partial charge in [0.15, 0.2) is 0 Å². The molecule has 0 aromatic heterocycles. The third-order valence-corrected chi connectivity index (χ3v) is 2.67. The second-order valence-corrected chi connectivity index (χ2v) is 4.27. The summed E-state index contributed by atoms with van der Waals surface area (Å²) in [5.41, 5.74) is 8.31. The number of nitrogens with two attached hydrogens (primary N) is 1. The predicted octanol–water partition coefficient (Wildman–Crippen LogP) is 2.24. The first kappa shape index (κ1) is 11.1. The summed E-state index contributed by atoms with van der Waals surface area (Å²) in [6, 6.07) is 6.13. The molecule has 1 aromatic carbocycles. The minimum atomic E-state index is 0.0381. The number of rotatable bonds is 3. The molecule has 2 N–H and O–H groups in total. The normalized spacial score (nSPS) is 11.5. The third kappa shape index (κ3) is 2.07. The highest BCUT2D eigenvalue weighted by Gasteiger charge is 2.20. The van der Waals surface area contributed by atoms with E-state index in [2.05, 4.69) is 26.8 Å². The average molecular weight is 193 g/mol. The Morgan fingerprint density at radius 3 is 2.43 bits per heavy atom. The van der Waals surface area contributed by atoms with E-state index < -0.39 is 0 Å². The molecular formula is C12H19NO. The van der Waals surface area contributed by atoms with Crippen LogP contribution in [-0.2, 0) is 5.41 Å². The molecule has 0 fully saturated rings. The molecule has 2 heteroatoms. The van der Waals surface area contributed by atoms with E-state index in [4.69, 9.17) is 10.5 Å². The maximum atomic E-state index is 5.75. The van der Waals surface area contributed by atoms with E-state index in [0.717, 1.165) is 5.75 Å². The van der Waals surface area contributed by atoms with Crippen molar-refractivity contribution in [3.8, 4) is 5.75 Å². The summed E-state index contributed by atoms with van der Waals surface area (Å²) in [4.78, 5) is 0. The first-order valence-electron chi connectivity index (χ1n) is 4.86. The molecule has 0 unspecified atom stereocenters. The molecule has 78 valence electrons. The fourth-order valence-corrected chi connectivity index (χ4v) is 1.63.